The van der Waals surface area contributed by atoms with Crippen molar-refractivity contribution in [3.63, 3.8) is 0 Å². The van der Waals surface area contributed by atoms with Crippen LogP contribution in [0.1, 0.15) is 36.7 Å². The summed E-state index contributed by atoms with van der Waals surface area (Å²) < 4.78 is 5.10. The van der Waals surface area contributed by atoms with Gasteiger partial charge >= 0.3 is 5.97 Å². The van der Waals surface area contributed by atoms with Gasteiger partial charge in [0.05, 0.1) is 16.9 Å². The number of rotatable bonds is 5. The summed E-state index contributed by atoms with van der Waals surface area (Å²) in [5, 5.41) is 11.0. The van der Waals surface area contributed by atoms with Gasteiger partial charge in [-0.1, -0.05) is 19.9 Å². The number of amides is 1. The van der Waals surface area contributed by atoms with Crippen LogP contribution in [0, 0.1) is 23.0 Å². The molecule has 7 nitrogen and oxygen atoms in total. The summed E-state index contributed by atoms with van der Waals surface area (Å²) in [6.45, 7) is 7.53. The minimum Gasteiger partial charge on any atom is -0.464 e. The summed E-state index contributed by atoms with van der Waals surface area (Å²) in [5.74, 6) is -0.228. The molecule has 0 bridgehead atoms. The van der Waals surface area contributed by atoms with Crippen molar-refractivity contribution in [2.75, 3.05) is 12.4 Å². The average molecular weight is 366 g/mol. The first kappa shape index (κ1) is 19.2. The molecule has 1 amide bonds. The molecule has 8 heteroatoms. The van der Waals surface area contributed by atoms with E-state index in [0.29, 0.717) is 11.3 Å². The van der Waals surface area contributed by atoms with Crippen LogP contribution < -0.4 is 0 Å². The van der Waals surface area contributed by atoms with E-state index >= 15 is 0 Å². The number of aryl methyl sites for hydroxylation is 1. The third-order valence-electron chi connectivity index (χ3n) is 4.05. The van der Waals surface area contributed by atoms with Crippen molar-refractivity contribution in [1.29, 1.82) is 0 Å². The van der Waals surface area contributed by atoms with Gasteiger partial charge in [-0.05, 0) is 25.8 Å². The molecule has 0 spiro atoms. The smallest absolute Gasteiger partial charge is 0.329 e. The van der Waals surface area contributed by atoms with Gasteiger partial charge in [0.2, 0.25) is 0 Å². The lowest BCUT2D eigenvalue weighted by Crippen LogP contribution is -2.47. The predicted octanol–water partition coefficient (Wildman–Crippen LogP) is 3.01. The van der Waals surface area contributed by atoms with E-state index in [9.17, 15) is 19.7 Å². The van der Waals surface area contributed by atoms with Crippen molar-refractivity contribution < 1.29 is 19.2 Å². The molecule has 2 atom stereocenters. The lowest BCUT2D eigenvalue weighted by atomic mass is 10.1. The van der Waals surface area contributed by atoms with Crippen molar-refractivity contribution in [3.05, 3.63) is 39.4 Å². The number of hydrogen-bond acceptors (Lipinski definition) is 6. The largest absolute Gasteiger partial charge is 0.464 e. The fourth-order valence-electron chi connectivity index (χ4n) is 2.81. The van der Waals surface area contributed by atoms with Crippen molar-refractivity contribution >= 4 is 29.3 Å². The minimum absolute atomic E-state index is 0.105. The van der Waals surface area contributed by atoms with E-state index in [4.69, 9.17) is 4.74 Å². The molecule has 0 N–H and O–H groups in total. The molecule has 1 aromatic rings. The summed E-state index contributed by atoms with van der Waals surface area (Å²) in [5.41, 5.74) is 0.589. The second kappa shape index (κ2) is 7.86. The maximum absolute atomic E-state index is 13.0. The number of carbonyl (C=O) groups is 2. The standard InChI is InChI=1S/C17H22N2O5S/c1-5-24-17(21)14-9-25-16(10(2)3)18(14)15(20)12-7-6-11(4)13(8-12)19(22)23/h6-8,10,14,16H,5,9H2,1-4H3. The Morgan fingerprint density at radius 3 is 2.68 bits per heavy atom. The molecule has 1 saturated heterocycles. The van der Waals surface area contributed by atoms with Crippen LogP contribution in [0.25, 0.3) is 0 Å². The molecular weight excluding hydrogens is 344 g/mol. The van der Waals surface area contributed by atoms with E-state index in [-0.39, 0.29) is 35.1 Å². The van der Waals surface area contributed by atoms with E-state index in [0.717, 1.165) is 0 Å². The zero-order valence-electron chi connectivity index (χ0n) is 14.7. The highest BCUT2D eigenvalue weighted by molar-refractivity contribution is 8.00. The molecule has 136 valence electrons. The van der Waals surface area contributed by atoms with Crippen LogP contribution in [0.3, 0.4) is 0 Å². The predicted molar refractivity (Wildman–Crippen MR) is 95.5 cm³/mol. The summed E-state index contributed by atoms with van der Waals surface area (Å²) >= 11 is 1.53. The number of carbonyl (C=O) groups excluding carboxylic acids is 2. The van der Waals surface area contributed by atoms with E-state index in [2.05, 4.69) is 0 Å². The Labute approximate surface area is 150 Å². The van der Waals surface area contributed by atoms with Crippen molar-refractivity contribution in [3.8, 4) is 0 Å². The Morgan fingerprint density at radius 1 is 1.44 bits per heavy atom. The average Bonchev–Trinajstić information content (AvgIpc) is 2.99. The fourth-order valence-corrected chi connectivity index (χ4v) is 4.27. The highest BCUT2D eigenvalue weighted by atomic mass is 32.2. The summed E-state index contributed by atoms with van der Waals surface area (Å²) in [6.07, 6.45) is 0. The number of benzene rings is 1. The lowest BCUT2D eigenvalue weighted by molar-refractivity contribution is -0.385. The number of esters is 1. The molecule has 0 saturated carbocycles. The third-order valence-corrected chi connectivity index (χ3v) is 5.67. The van der Waals surface area contributed by atoms with Crippen LogP contribution in [0.15, 0.2) is 18.2 Å². The maximum atomic E-state index is 13.0. The lowest BCUT2D eigenvalue weighted by Gasteiger charge is -2.30. The van der Waals surface area contributed by atoms with E-state index in [1.807, 2.05) is 13.8 Å². The van der Waals surface area contributed by atoms with Crippen LogP contribution in [0.4, 0.5) is 5.69 Å². The molecule has 1 heterocycles. The molecule has 0 radical (unpaired) electrons. The number of hydrogen-bond donors (Lipinski definition) is 0. The molecule has 1 fully saturated rings. The van der Waals surface area contributed by atoms with Gasteiger partial charge in [-0.3, -0.25) is 14.9 Å². The molecule has 1 aliphatic rings. The maximum Gasteiger partial charge on any atom is 0.329 e. The second-order valence-corrected chi connectivity index (χ2v) is 7.36. The number of nitro benzene ring substituents is 1. The van der Waals surface area contributed by atoms with Crippen LogP contribution in [-0.2, 0) is 9.53 Å². The zero-order valence-corrected chi connectivity index (χ0v) is 15.5. The van der Waals surface area contributed by atoms with E-state index in [1.54, 1.807) is 26.0 Å². The molecule has 2 unspecified atom stereocenters. The van der Waals surface area contributed by atoms with Gasteiger partial charge in [0.15, 0.2) is 0 Å². The Morgan fingerprint density at radius 2 is 2.12 bits per heavy atom. The first-order chi connectivity index (χ1) is 11.8. The second-order valence-electron chi connectivity index (χ2n) is 6.21. The van der Waals surface area contributed by atoms with E-state index < -0.39 is 16.9 Å². The monoisotopic (exact) mass is 366 g/mol. The molecule has 25 heavy (non-hydrogen) atoms. The molecule has 0 aromatic heterocycles. The zero-order chi connectivity index (χ0) is 18.7. The normalized spacial score (nSPS) is 20.0. The summed E-state index contributed by atoms with van der Waals surface area (Å²) in [6, 6.07) is 3.72. The quantitative estimate of drug-likeness (QED) is 0.452. The molecule has 1 aromatic carbocycles. The van der Waals surface area contributed by atoms with Gasteiger partial charge in [-0.15, -0.1) is 11.8 Å². The first-order valence-electron chi connectivity index (χ1n) is 8.13. The topological polar surface area (TPSA) is 89.8 Å². The van der Waals surface area contributed by atoms with Gasteiger partial charge in [-0.25, -0.2) is 4.79 Å². The fraction of sp³-hybridized carbons (Fsp3) is 0.529. The van der Waals surface area contributed by atoms with Gasteiger partial charge in [0.1, 0.15) is 6.04 Å². The Hall–Kier alpha value is -2.09. The van der Waals surface area contributed by atoms with Crippen molar-refractivity contribution in [1.82, 2.24) is 4.90 Å². The van der Waals surface area contributed by atoms with E-state index in [1.165, 1.54) is 22.7 Å². The van der Waals surface area contributed by atoms with Crippen molar-refractivity contribution in [2.24, 2.45) is 5.92 Å². The number of thioether (sulfide) groups is 1. The summed E-state index contributed by atoms with van der Waals surface area (Å²) in [4.78, 5) is 37.5. The number of nitro groups is 1. The third kappa shape index (κ3) is 3.95. The summed E-state index contributed by atoms with van der Waals surface area (Å²) in [7, 11) is 0. The number of ether oxygens (including phenoxy) is 1. The van der Waals surface area contributed by atoms with Crippen LogP contribution in [0.2, 0.25) is 0 Å². The molecule has 1 aliphatic heterocycles. The van der Waals surface area contributed by atoms with Crippen LogP contribution in [0.5, 0.6) is 0 Å². The molecule has 0 aliphatic carbocycles. The minimum atomic E-state index is -0.676. The van der Waals surface area contributed by atoms with Gasteiger partial charge in [0, 0.05) is 22.9 Å². The number of nitrogens with zero attached hydrogens (tertiary/aromatic N) is 2. The van der Waals surface area contributed by atoms with Gasteiger partial charge in [0.25, 0.3) is 11.6 Å². The van der Waals surface area contributed by atoms with Crippen LogP contribution in [-0.4, -0.2) is 45.5 Å². The highest BCUT2D eigenvalue weighted by Crippen LogP contribution is 2.36. The Kier molecular flexibility index (Phi) is 6.05. The van der Waals surface area contributed by atoms with Crippen LogP contribution >= 0.6 is 11.8 Å². The SMILES string of the molecule is CCOC(=O)C1CSC(C(C)C)N1C(=O)c1ccc(C)c([N+](=O)[O-])c1. The molecule has 2 rings (SSSR count). The highest BCUT2D eigenvalue weighted by Gasteiger charge is 2.44. The van der Waals surface area contributed by atoms with Crippen molar-refractivity contribution in [2.45, 2.75) is 39.1 Å². The van der Waals surface area contributed by atoms with Gasteiger partial charge < -0.3 is 9.64 Å². The van der Waals surface area contributed by atoms with Gasteiger partial charge in [-0.2, -0.15) is 0 Å². The molecular formula is C17H22N2O5S. The first-order valence-corrected chi connectivity index (χ1v) is 9.18. The Balaban J connectivity index is 2.39. The Bertz CT molecular complexity index is 692.